The van der Waals surface area contributed by atoms with Gasteiger partial charge in [0.05, 0.1) is 18.4 Å². The van der Waals surface area contributed by atoms with Gasteiger partial charge in [0, 0.05) is 31.1 Å². The zero-order valence-electron chi connectivity index (χ0n) is 12.2. The molecule has 3 N–H and O–H groups in total. The lowest BCUT2D eigenvalue weighted by atomic mass is 10.0. The Morgan fingerprint density at radius 3 is 2.90 bits per heavy atom. The summed E-state index contributed by atoms with van der Waals surface area (Å²) in [6.07, 6.45) is 3.33. The molecule has 3 heterocycles. The number of rotatable bonds is 4. The van der Waals surface area contributed by atoms with Gasteiger partial charge in [-0.05, 0) is 13.5 Å². The summed E-state index contributed by atoms with van der Waals surface area (Å²) in [5, 5.41) is 3.27. The minimum absolute atomic E-state index is 0.274. The quantitative estimate of drug-likeness (QED) is 0.844. The molecule has 1 atom stereocenters. The Morgan fingerprint density at radius 2 is 2.20 bits per heavy atom. The zero-order valence-corrected chi connectivity index (χ0v) is 12.2. The highest BCUT2D eigenvalue weighted by Gasteiger charge is 2.32. The summed E-state index contributed by atoms with van der Waals surface area (Å²) < 4.78 is 5.93. The van der Waals surface area contributed by atoms with E-state index >= 15 is 0 Å². The highest BCUT2D eigenvalue weighted by molar-refractivity contribution is 5.54. The van der Waals surface area contributed by atoms with Gasteiger partial charge in [0.15, 0.2) is 0 Å². The fourth-order valence-electron chi connectivity index (χ4n) is 2.93. The Kier molecular flexibility index (Phi) is 3.76. The number of anilines is 2. The van der Waals surface area contributed by atoms with E-state index < -0.39 is 0 Å². The van der Waals surface area contributed by atoms with Gasteiger partial charge in [-0.15, -0.1) is 0 Å². The molecule has 1 unspecified atom stereocenters. The van der Waals surface area contributed by atoms with Crippen LogP contribution in [0.15, 0.2) is 0 Å². The highest BCUT2D eigenvalue weighted by Crippen LogP contribution is 2.31. The molecule has 6 heteroatoms. The maximum atomic E-state index is 5.93. The smallest absolute Gasteiger partial charge is 0.222 e. The summed E-state index contributed by atoms with van der Waals surface area (Å²) in [6, 6.07) is 0.541. The molecule has 0 aliphatic carbocycles. The van der Waals surface area contributed by atoms with E-state index in [4.69, 9.17) is 10.5 Å². The van der Waals surface area contributed by atoms with E-state index in [-0.39, 0.29) is 6.10 Å². The predicted octanol–water partition coefficient (Wildman–Crippen LogP) is 0.708. The van der Waals surface area contributed by atoms with Crippen molar-refractivity contribution in [3.05, 3.63) is 11.3 Å². The standard InChI is InChI=1S/C14H23N5O/c1-3-4-10-5-12-11(8-20-10)13(18-14(15)17-12)19-6-9(7-19)16-2/h9-10,16H,3-8H2,1-2H3,(H2,15,17,18). The van der Waals surface area contributed by atoms with Crippen LogP contribution in [0.2, 0.25) is 0 Å². The molecule has 0 aromatic carbocycles. The van der Waals surface area contributed by atoms with Crippen molar-refractivity contribution in [2.75, 3.05) is 30.8 Å². The number of fused-ring (bicyclic) bond motifs is 1. The van der Waals surface area contributed by atoms with Crippen LogP contribution in [0.1, 0.15) is 31.0 Å². The molecule has 0 saturated carbocycles. The first-order chi connectivity index (χ1) is 9.71. The Balaban J connectivity index is 1.82. The molecule has 3 rings (SSSR count). The Morgan fingerprint density at radius 1 is 1.40 bits per heavy atom. The van der Waals surface area contributed by atoms with Crippen LogP contribution in [-0.2, 0) is 17.8 Å². The van der Waals surface area contributed by atoms with Crippen molar-refractivity contribution >= 4 is 11.8 Å². The number of hydrogen-bond acceptors (Lipinski definition) is 6. The summed E-state index contributed by atoms with van der Waals surface area (Å²) in [5.41, 5.74) is 8.08. The number of nitrogen functional groups attached to an aromatic ring is 1. The number of nitrogens with two attached hydrogens (primary N) is 1. The van der Waals surface area contributed by atoms with E-state index in [1.807, 2.05) is 7.05 Å². The second kappa shape index (κ2) is 5.54. The van der Waals surface area contributed by atoms with E-state index in [9.17, 15) is 0 Å². The topological polar surface area (TPSA) is 76.3 Å². The van der Waals surface area contributed by atoms with Crippen LogP contribution in [0.25, 0.3) is 0 Å². The average molecular weight is 277 g/mol. The lowest BCUT2D eigenvalue weighted by Gasteiger charge is -2.41. The van der Waals surface area contributed by atoms with Gasteiger partial charge in [-0.25, -0.2) is 4.98 Å². The number of likely N-dealkylation sites (N-methyl/N-ethyl adjacent to an activating group) is 1. The summed E-state index contributed by atoms with van der Waals surface area (Å²) in [5.74, 6) is 1.35. The largest absolute Gasteiger partial charge is 0.373 e. The fourth-order valence-corrected chi connectivity index (χ4v) is 2.93. The molecule has 1 aromatic rings. The first kappa shape index (κ1) is 13.6. The molecule has 0 bridgehead atoms. The summed E-state index contributed by atoms with van der Waals surface area (Å²) in [4.78, 5) is 11.1. The van der Waals surface area contributed by atoms with Crippen LogP contribution in [0.4, 0.5) is 11.8 Å². The second-order valence-corrected chi connectivity index (χ2v) is 5.65. The summed E-state index contributed by atoms with van der Waals surface area (Å²) in [7, 11) is 1.99. The zero-order chi connectivity index (χ0) is 14.1. The fraction of sp³-hybridized carbons (Fsp3) is 0.714. The van der Waals surface area contributed by atoms with Gasteiger partial charge < -0.3 is 20.7 Å². The Bertz CT molecular complexity index is 487. The molecule has 2 aliphatic rings. The van der Waals surface area contributed by atoms with Crippen LogP contribution in [-0.4, -0.2) is 42.3 Å². The third kappa shape index (κ3) is 2.45. The van der Waals surface area contributed by atoms with Crippen molar-refractivity contribution in [2.45, 2.75) is 44.9 Å². The monoisotopic (exact) mass is 277 g/mol. The van der Waals surface area contributed by atoms with Gasteiger partial charge in [0.1, 0.15) is 5.82 Å². The molecule has 6 nitrogen and oxygen atoms in total. The number of aromatic nitrogens is 2. The van der Waals surface area contributed by atoms with Gasteiger partial charge in [0.25, 0.3) is 0 Å². The van der Waals surface area contributed by atoms with Crippen molar-refractivity contribution in [1.82, 2.24) is 15.3 Å². The molecule has 1 fully saturated rings. The minimum Gasteiger partial charge on any atom is -0.373 e. The lowest BCUT2D eigenvalue weighted by molar-refractivity contribution is 0.0215. The van der Waals surface area contributed by atoms with Crippen LogP contribution in [0.3, 0.4) is 0 Å². The minimum atomic E-state index is 0.274. The van der Waals surface area contributed by atoms with Crippen molar-refractivity contribution < 1.29 is 4.74 Å². The Labute approximate surface area is 119 Å². The van der Waals surface area contributed by atoms with Crippen molar-refractivity contribution in [2.24, 2.45) is 0 Å². The van der Waals surface area contributed by atoms with E-state index in [2.05, 4.69) is 27.1 Å². The van der Waals surface area contributed by atoms with Gasteiger partial charge in [-0.3, -0.25) is 0 Å². The average Bonchev–Trinajstić information content (AvgIpc) is 2.37. The van der Waals surface area contributed by atoms with Crippen molar-refractivity contribution in [1.29, 1.82) is 0 Å². The second-order valence-electron chi connectivity index (χ2n) is 5.65. The van der Waals surface area contributed by atoms with Gasteiger partial charge >= 0.3 is 0 Å². The highest BCUT2D eigenvalue weighted by atomic mass is 16.5. The van der Waals surface area contributed by atoms with Crippen LogP contribution >= 0.6 is 0 Å². The molecular weight excluding hydrogens is 254 g/mol. The number of nitrogens with one attached hydrogen (secondary N) is 1. The third-order valence-electron chi connectivity index (χ3n) is 4.17. The first-order valence-electron chi connectivity index (χ1n) is 7.40. The molecule has 0 amide bonds. The maximum absolute atomic E-state index is 5.93. The normalized spacial score (nSPS) is 22.5. The predicted molar refractivity (Wildman–Crippen MR) is 78.7 cm³/mol. The van der Waals surface area contributed by atoms with Gasteiger partial charge in [-0.2, -0.15) is 4.98 Å². The van der Waals surface area contributed by atoms with E-state index in [1.165, 1.54) is 0 Å². The molecule has 0 radical (unpaired) electrons. The Hall–Kier alpha value is -1.40. The first-order valence-corrected chi connectivity index (χ1v) is 7.40. The van der Waals surface area contributed by atoms with Crippen molar-refractivity contribution in [3.63, 3.8) is 0 Å². The molecular formula is C14H23N5O. The van der Waals surface area contributed by atoms with Gasteiger partial charge in [-0.1, -0.05) is 13.3 Å². The molecule has 20 heavy (non-hydrogen) atoms. The molecule has 110 valence electrons. The molecule has 0 spiro atoms. The number of nitrogens with zero attached hydrogens (tertiary/aromatic N) is 3. The van der Waals surface area contributed by atoms with Gasteiger partial charge in [0.2, 0.25) is 5.95 Å². The lowest BCUT2D eigenvalue weighted by Crippen LogP contribution is -2.57. The van der Waals surface area contributed by atoms with E-state index in [0.717, 1.165) is 49.4 Å². The SMILES string of the molecule is CCCC1Cc2nc(N)nc(N3CC(NC)C3)c2CO1. The summed E-state index contributed by atoms with van der Waals surface area (Å²) in [6.45, 7) is 4.72. The number of ether oxygens (including phenoxy) is 1. The van der Waals surface area contributed by atoms with E-state index in [1.54, 1.807) is 0 Å². The molecule has 1 saturated heterocycles. The maximum Gasteiger partial charge on any atom is 0.222 e. The van der Waals surface area contributed by atoms with Crippen LogP contribution < -0.4 is 16.0 Å². The van der Waals surface area contributed by atoms with Crippen molar-refractivity contribution in [3.8, 4) is 0 Å². The van der Waals surface area contributed by atoms with E-state index in [0.29, 0.717) is 18.6 Å². The molecule has 1 aromatic heterocycles. The van der Waals surface area contributed by atoms with Crippen LogP contribution in [0.5, 0.6) is 0 Å². The molecule has 2 aliphatic heterocycles. The van der Waals surface area contributed by atoms with Crippen LogP contribution in [0, 0.1) is 0 Å². The number of hydrogen-bond donors (Lipinski definition) is 2. The summed E-state index contributed by atoms with van der Waals surface area (Å²) >= 11 is 0. The third-order valence-corrected chi connectivity index (χ3v) is 4.17.